The molecule has 1 aromatic heterocycles. The summed E-state index contributed by atoms with van der Waals surface area (Å²) in [6.07, 6.45) is 2.19. The molecule has 1 N–H and O–H groups in total. The zero-order chi connectivity index (χ0) is 13.7. The second-order valence-corrected chi connectivity index (χ2v) is 3.77. The fourth-order valence-electron chi connectivity index (χ4n) is 1.46. The van der Waals surface area contributed by atoms with Crippen LogP contribution in [0.3, 0.4) is 0 Å². The van der Waals surface area contributed by atoms with Gasteiger partial charge in [-0.1, -0.05) is 12.1 Å². The first-order valence-electron chi connectivity index (χ1n) is 5.57. The molecule has 0 unspecified atom stereocenters. The number of anilines is 1. The Hall–Kier alpha value is -2.50. The first kappa shape index (κ1) is 12.9. The number of carbonyl (C=O) groups excluding carboxylic acids is 1. The van der Waals surface area contributed by atoms with Gasteiger partial charge < -0.3 is 10.1 Å². The highest BCUT2D eigenvalue weighted by atomic mass is 19.1. The Morgan fingerprint density at radius 2 is 1.89 bits per heavy atom. The van der Waals surface area contributed by atoms with Gasteiger partial charge in [-0.05, 0) is 17.7 Å². The predicted molar refractivity (Wildman–Crippen MR) is 67.1 cm³/mol. The monoisotopic (exact) mass is 261 g/mol. The van der Waals surface area contributed by atoms with E-state index in [0.29, 0.717) is 18.1 Å². The minimum atomic E-state index is -0.479. The van der Waals surface area contributed by atoms with E-state index in [1.807, 2.05) is 0 Å². The average Bonchev–Trinajstić information content (AvgIpc) is 2.46. The van der Waals surface area contributed by atoms with Crippen LogP contribution in [-0.4, -0.2) is 23.0 Å². The SMILES string of the molecule is COC(=O)c1ccc(CNc2ncc(F)cn2)cc1. The van der Waals surface area contributed by atoms with Gasteiger partial charge in [-0.25, -0.2) is 19.2 Å². The first-order chi connectivity index (χ1) is 9.19. The van der Waals surface area contributed by atoms with Crippen molar-refractivity contribution in [3.05, 3.63) is 53.6 Å². The lowest BCUT2D eigenvalue weighted by atomic mass is 10.1. The van der Waals surface area contributed by atoms with Gasteiger partial charge in [0.15, 0.2) is 5.82 Å². The van der Waals surface area contributed by atoms with Gasteiger partial charge in [-0.3, -0.25) is 0 Å². The number of aromatic nitrogens is 2. The van der Waals surface area contributed by atoms with Crippen molar-refractivity contribution in [2.24, 2.45) is 0 Å². The van der Waals surface area contributed by atoms with Gasteiger partial charge in [-0.2, -0.15) is 0 Å². The van der Waals surface area contributed by atoms with Crippen LogP contribution in [0, 0.1) is 5.82 Å². The van der Waals surface area contributed by atoms with Crippen molar-refractivity contribution >= 4 is 11.9 Å². The predicted octanol–water partition coefficient (Wildman–Crippen LogP) is 2.01. The molecule has 19 heavy (non-hydrogen) atoms. The van der Waals surface area contributed by atoms with Crippen molar-refractivity contribution in [1.82, 2.24) is 9.97 Å². The Kier molecular flexibility index (Phi) is 4.02. The van der Waals surface area contributed by atoms with E-state index in [0.717, 1.165) is 18.0 Å². The molecule has 0 aliphatic heterocycles. The number of methoxy groups -OCH3 is 1. The lowest BCUT2D eigenvalue weighted by molar-refractivity contribution is 0.0600. The van der Waals surface area contributed by atoms with E-state index < -0.39 is 5.82 Å². The van der Waals surface area contributed by atoms with Gasteiger partial charge >= 0.3 is 5.97 Å². The number of carbonyl (C=O) groups is 1. The molecule has 0 amide bonds. The summed E-state index contributed by atoms with van der Waals surface area (Å²) in [6, 6.07) is 6.94. The highest BCUT2D eigenvalue weighted by molar-refractivity contribution is 5.89. The molecule has 0 aliphatic rings. The van der Waals surface area contributed by atoms with Crippen molar-refractivity contribution in [2.45, 2.75) is 6.54 Å². The summed E-state index contributed by atoms with van der Waals surface area (Å²) < 4.78 is 17.2. The maximum absolute atomic E-state index is 12.6. The van der Waals surface area contributed by atoms with Crippen molar-refractivity contribution in [2.75, 3.05) is 12.4 Å². The van der Waals surface area contributed by atoms with Crippen LogP contribution in [0.25, 0.3) is 0 Å². The number of halogens is 1. The summed E-state index contributed by atoms with van der Waals surface area (Å²) in [4.78, 5) is 18.8. The minimum absolute atomic E-state index is 0.346. The second-order valence-electron chi connectivity index (χ2n) is 3.77. The van der Waals surface area contributed by atoms with Crippen LogP contribution in [-0.2, 0) is 11.3 Å². The van der Waals surface area contributed by atoms with Crippen LogP contribution in [0.15, 0.2) is 36.7 Å². The molecule has 0 aliphatic carbocycles. The van der Waals surface area contributed by atoms with E-state index in [2.05, 4.69) is 20.0 Å². The fourth-order valence-corrected chi connectivity index (χ4v) is 1.46. The number of esters is 1. The summed E-state index contributed by atoms with van der Waals surface area (Å²) in [5.41, 5.74) is 1.44. The van der Waals surface area contributed by atoms with E-state index in [-0.39, 0.29) is 5.97 Å². The molecule has 0 atom stereocenters. The van der Waals surface area contributed by atoms with Crippen molar-refractivity contribution < 1.29 is 13.9 Å². The van der Waals surface area contributed by atoms with Crippen LogP contribution in [0.5, 0.6) is 0 Å². The van der Waals surface area contributed by atoms with Crippen molar-refractivity contribution in [3.63, 3.8) is 0 Å². The second kappa shape index (κ2) is 5.90. The standard InChI is InChI=1S/C13H12FN3O2/c1-19-12(18)10-4-2-9(3-5-10)6-15-13-16-7-11(14)8-17-13/h2-5,7-8H,6H2,1H3,(H,15,16,17). The molecule has 5 nitrogen and oxygen atoms in total. The van der Waals surface area contributed by atoms with Gasteiger partial charge in [0, 0.05) is 6.54 Å². The molecule has 2 aromatic rings. The zero-order valence-electron chi connectivity index (χ0n) is 10.3. The normalized spacial score (nSPS) is 10.0. The van der Waals surface area contributed by atoms with Gasteiger partial charge in [0.25, 0.3) is 0 Å². The third kappa shape index (κ3) is 3.48. The summed E-state index contributed by atoms with van der Waals surface area (Å²) in [5, 5.41) is 2.95. The number of hydrogen-bond acceptors (Lipinski definition) is 5. The highest BCUT2D eigenvalue weighted by Gasteiger charge is 2.04. The molecule has 98 valence electrons. The largest absolute Gasteiger partial charge is 0.465 e. The van der Waals surface area contributed by atoms with Gasteiger partial charge in [0.05, 0.1) is 25.1 Å². The Bertz CT molecular complexity index is 555. The van der Waals surface area contributed by atoms with Gasteiger partial charge in [0.1, 0.15) is 0 Å². The number of rotatable bonds is 4. The minimum Gasteiger partial charge on any atom is -0.465 e. The number of nitrogens with zero attached hydrogens (tertiary/aromatic N) is 2. The number of hydrogen-bond donors (Lipinski definition) is 1. The maximum atomic E-state index is 12.6. The van der Waals surface area contributed by atoms with Crippen LogP contribution in [0.4, 0.5) is 10.3 Å². The van der Waals surface area contributed by atoms with Crippen molar-refractivity contribution in [1.29, 1.82) is 0 Å². The summed E-state index contributed by atoms with van der Waals surface area (Å²) in [7, 11) is 1.34. The van der Waals surface area contributed by atoms with Crippen molar-refractivity contribution in [3.8, 4) is 0 Å². The third-order valence-corrected chi connectivity index (χ3v) is 2.45. The number of benzene rings is 1. The molecule has 6 heteroatoms. The zero-order valence-corrected chi connectivity index (χ0v) is 10.3. The topological polar surface area (TPSA) is 64.1 Å². The van der Waals surface area contributed by atoms with Gasteiger partial charge in [-0.15, -0.1) is 0 Å². The molecular formula is C13H12FN3O2. The molecule has 0 fully saturated rings. The molecule has 0 spiro atoms. The molecule has 1 aromatic carbocycles. The Balaban J connectivity index is 1.96. The average molecular weight is 261 g/mol. The lowest BCUT2D eigenvalue weighted by Crippen LogP contribution is -2.05. The third-order valence-electron chi connectivity index (χ3n) is 2.45. The molecule has 1 heterocycles. The first-order valence-corrected chi connectivity index (χ1v) is 5.57. The smallest absolute Gasteiger partial charge is 0.337 e. The molecule has 0 bridgehead atoms. The van der Waals surface area contributed by atoms with E-state index in [4.69, 9.17) is 0 Å². The lowest BCUT2D eigenvalue weighted by Gasteiger charge is -2.05. The van der Waals surface area contributed by atoms with Crippen LogP contribution in [0.2, 0.25) is 0 Å². The maximum Gasteiger partial charge on any atom is 0.337 e. The summed E-state index contributed by atoms with van der Waals surface area (Å²) in [6.45, 7) is 0.479. The molecule has 0 saturated heterocycles. The van der Waals surface area contributed by atoms with E-state index in [1.54, 1.807) is 24.3 Å². The van der Waals surface area contributed by atoms with Crippen LogP contribution >= 0.6 is 0 Å². The van der Waals surface area contributed by atoms with E-state index >= 15 is 0 Å². The number of nitrogens with one attached hydrogen (secondary N) is 1. The van der Waals surface area contributed by atoms with Crippen LogP contribution in [0.1, 0.15) is 15.9 Å². The van der Waals surface area contributed by atoms with Crippen LogP contribution < -0.4 is 5.32 Å². The molecule has 0 radical (unpaired) electrons. The molecule has 0 saturated carbocycles. The molecular weight excluding hydrogens is 249 g/mol. The summed E-state index contributed by atoms with van der Waals surface area (Å²) >= 11 is 0. The summed E-state index contributed by atoms with van der Waals surface area (Å²) in [5.74, 6) is -0.507. The Labute approximate surface area is 109 Å². The highest BCUT2D eigenvalue weighted by Crippen LogP contribution is 2.07. The Morgan fingerprint density at radius 1 is 1.26 bits per heavy atom. The molecule has 2 rings (SSSR count). The quantitative estimate of drug-likeness (QED) is 0.853. The van der Waals surface area contributed by atoms with Gasteiger partial charge in [0.2, 0.25) is 5.95 Å². The van der Waals surface area contributed by atoms with E-state index in [1.165, 1.54) is 7.11 Å². The van der Waals surface area contributed by atoms with E-state index in [9.17, 15) is 9.18 Å². The Morgan fingerprint density at radius 3 is 2.47 bits per heavy atom. The number of ether oxygens (including phenoxy) is 1. The fraction of sp³-hybridized carbons (Fsp3) is 0.154.